The number of aryl methyl sites for hydroxylation is 2. The number of hydrogen-bond donors (Lipinski definition) is 0. The molecule has 0 spiro atoms. The van der Waals surface area contributed by atoms with Crippen LogP contribution in [0, 0.1) is 33.6 Å². The van der Waals surface area contributed by atoms with Gasteiger partial charge in [0.05, 0.1) is 0 Å². The molecule has 0 atom stereocenters. The first-order valence-electron chi connectivity index (χ1n) is 5.64. The summed E-state index contributed by atoms with van der Waals surface area (Å²) in [7, 11) is 0. The fourth-order valence-corrected chi connectivity index (χ4v) is 2.14. The van der Waals surface area contributed by atoms with Gasteiger partial charge >= 0.3 is 0 Å². The van der Waals surface area contributed by atoms with Crippen LogP contribution in [0.2, 0.25) is 0 Å². The molecule has 1 heteroatoms. The Hall–Kier alpha value is -1.11. The molecule has 0 aliphatic heterocycles. The first-order valence-corrected chi connectivity index (χ1v) is 5.64. The van der Waals surface area contributed by atoms with Gasteiger partial charge in [0, 0.05) is 11.5 Å². The number of Topliss-reactive ketones (excluding diaryl/α,β-unsaturated/α-hetero) is 1. The Labute approximate surface area is 91.5 Å². The Kier molecular flexibility index (Phi) is 2.41. The van der Waals surface area contributed by atoms with Crippen molar-refractivity contribution in [3.8, 4) is 0 Å². The molecule has 1 aromatic carbocycles. The van der Waals surface area contributed by atoms with Crippen LogP contribution < -0.4 is 0 Å². The molecule has 1 fully saturated rings. The number of hydrogen-bond acceptors (Lipinski definition) is 1. The van der Waals surface area contributed by atoms with Crippen LogP contribution in [0.4, 0.5) is 0 Å². The highest BCUT2D eigenvalue weighted by Gasteiger charge is 2.32. The number of carbonyl (C=O) groups is 1. The fourth-order valence-electron chi connectivity index (χ4n) is 2.14. The summed E-state index contributed by atoms with van der Waals surface area (Å²) in [5, 5.41) is 0. The van der Waals surface area contributed by atoms with E-state index in [1.54, 1.807) is 0 Å². The molecular weight excluding hydrogens is 184 g/mol. The minimum absolute atomic E-state index is 0.323. The molecule has 1 saturated carbocycles. The van der Waals surface area contributed by atoms with E-state index in [0.29, 0.717) is 11.7 Å². The van der Waals surface area contributed by atoms with Gasteiger partial charge in [0.25, 0.3) is 0 Å². The Morgan fingerprint density at radius 3 is 1.93 bits per heavy atom. The molecule has 1 aromatic rings. The van der Waals surface area contributed by atoms with Gasteiger partial charge in [-0.2, -0.15) is 0 Å². The zero-order chi connectivity index (χ0) is 11.2. The van der Waals surface area contributed by atoms with E-state index < -0.39 is 0 Å². The molecule has 80 valence electrons. The van der Waals surface area contributed by atoms with Gasteiger partial charge in [-0.1, -0.05) is 6.07 Å². The summed E-state index contributed by atoms with van der Waals surface area (Å²) in [6.07, 6.45) is 2.18. The number of carbonyl (C=O) groups excluding carboxylic acids is 1. The molecular formula is C14H18O. The molecule has 0 bridgehead atoms. The van der Waals surface area contributed by atoms with Crippen molar-refractivity contribution in [1.29, 1.82) is 0 Å². The van der Waals surface area contributed by atoms with Crippen molar-refractivity contribution in [1.82, 2.24) is 0 Å². The van der Waals surface area contributed by atoms with Gasteiger partial charge in [-0.15, -0.1) is 0 Å². The molecule has 0 heterocycles. The van der Waals surface area contributed by atoms with Gasteiger partial charge in [-0.3, -0.25) is 4.79 Å². The Balaban J connectivity index is 2.57. The van der Waals surface area contributed by atoms with E-state index in [1.165, 1.54) is 22.3 Å². The van der Waals surface area contributed by atoms with E-state index in [-0.39, 0.29) is 0 Å². The maximum absolute atomic E-state index is 12.2. The lowest BCUT2D eigenvalue weighted by atomic mass is 9.90. The number of rotatable bonds is 2. The van der Waals surface area contributed by atoms with Crippen LogP contribution in [0.3, 0.4) is 0 Å². The molecule has 0 aromatic heterocycles. The first-order chi connectivity index (χ1) is 7.02. The summed E-state index contributed by atoms with van der Waals surface area (Å²) < 4.78 is 0. The van der Waals surface area contributed by atoms with Crippen molar-refractivity contribution < 1.29 is 4.79 Å². The number of ketones is 1. The maximum atomic E-state index is 12.2. The van der Waals surface area contributed by atoms with Crippen LogP contribution >= 0.6 is 0 Å². The lowest BCUT2D eigenvalue weighted by Crippen LogP contribution is -2.09. The molecule has 0 radical (unpaired) electrons. The maximum Gasteiger partial charge on any atom is 0.166 e. The van der Waals surface area contributed by atoms with Crippen molar-refractivity contribution >= 4 is 5.78 Å². The quantitative estimate of drug-likeness (QED) is 0.671. The van der Waals surface area contributed by atoms with Crippen molar-refractivity contribution in [2.45, 2.75) is 40.5 Å². The Morgan fingerprint density at radius 2 is 1.53 bits per heavy atom. The highest BCUT2D eigenvalue weighted by Crippen LogP contribution is 2.35. The molecule has 0 unspecified atom stereocenters. The summed E-state index contributed by atoms with van der Waals surface area (Å²) >= 11 is 0. The summed E-state index contributed by atoms with van der Waals surface area (Å²) in [6, 6.07) is 2.17. The average molecular weight is 202 g/mol. The van der Waals surface area contributed by atoms with E-state index in [4.69, 9.17) is 0 Å². The third kappa shape index (κ3) is 1.71. The molecule has 0 N–H and O–H groups in total. The van der Waals surface area contributed by atoms with Crippen LogP contribution in [-0.2, 0) is 0 Å². The second-order valence-electron chi connectivity index (χ2n) is 4.77. The van der Waals surface area contributed by atoms with E-state index in [9.17, 15) is 4.79 Å². The molecule has 0 saturated heterocycles. The summed E-state index contributed by atoms with van der Waals surface area (Å²) in [5.74, 6) is 0.695. The van der Waals surface area contributed by atoms with Crippen LogP contribution in [-0.4, -0.2) is 5.78 Å². The molecule has 15 heavy (non-hydrogen) atoms. The molecule has 1 aliphatic rings. The van der Waals surface area contributed by atoms with Crippen molar-refractivity contribution in [3.05, 3.63) is 33.9 Å². The minimum atomic E-state index is 0.323. The molecule has 1 nitrogen and oxygen atoms in total. The zero-order valence-electron chi connectivity index (χ0n) is 9.98. The molecule has 0 amide bonds. The van der Waals surface area contributed by atoms with Crippen LogP contribution in [0.1, 0.15) is 45.5 Å². The average Bonchev–Trinajstić information content (AvgIpc) is 2.98. The van der Waals surface area contributed by atoms with Crippen molar-refractivity contribution in [3.63, 3.8) is 0 Å². The first kappa shape index (κ1) is 10.4. The smallest absolute Gasteiger partial charge is 0.166 e. The third-order valence-corrected chi connectivity index (χ3v) is 3.56. The summed E-state index contributed by atoms with van der Waals surface area (Å²) in [6.45, 7) is 8.31. The van der Waals surface area contributed by atoms with Gasteiger partial charge in [0.1, 0.15) is 0 Å². The van der Waals surface area contributed by atoms with Crippen molar-refractivity contribution in [2.75, 3.05) is 0 Å². The second kappa shape index (κ2) is 3.48. The van der Waals surface area contributed by atoms with Crippen LogP contribution in [0.5, 0.6) is 0 Å². The normalized spacial score (nSPS) is 15.5. The predicted molar refractivity (Wildman–Crippen MR) is 62.4 cm³/mol. The largest absolute Gasteiger partial charge is 0.294 e. The fraction of sp³-hybridized carbons (Fsp3) is 0.500. The van der Waals surface area contributed by atoms with Crippen molar-refractivity contribution in [2.24, 2.45) is 5.92 Å². The lowest BCUT2D eigenvalue weighted by molar-refractivity contribution is 0.0966. The second-order valence-corrected chi connectivity index (χ2v) is 4.77. The lowest BCUT2D eigenvalue weighted by Gasteiger charge is -2.13. The highest BCUT2D eigenvalue weighted by atomic mass is 16.1. The molecule has 1 aliphatic carbocycles. The van der Waals surface area contributed by atoms with E-state index in [1.807, 2.05) is 0 Å². The van der Waals surface area contributed by atoms with E-state index >= 15 is 0 Å². The van der Waals surface area contributed by atoms with Crippen LogP contribution in [0.25, 0.3) is 0 Å². The third-order valence-electron chi connectivity index (χ3n) is 3.56. The van der Waals surface area contributed by atoms with Gasteiger partial charge in [-0.25, -0.2) is 0 Å². The highest BCUT2D eigenvalue weighted by molar-refractivity contribution is 6.02. The number of benzene rings is 1. The van der Waals surface area contributed by atoms with Gasteiger partial charge in [-0.05, 0) is 62.8 Å². The predicted octanol–water partition coefficient (Wildman–Crippen LogP) is 3.51. The zero-order valence-corrected chi connectivity index (χ0v) is 9.98. The summed E-state index contributed by atoms with van der Waals surface area (Å²) in [5.41, 5.74) is 5.82. The minimum Gasteiger partial charge on any atom is -0.294 e. The Bertz CT molecular complexity index is 399. The van der Waals surface area contributed by atoms with Gasteiger partial charge in [0.15, 0.2) is 5.78 Å². The topological polar surface area (TPSA) is 17.1 Å². The van der Waals surface area contributed by atoms with E-state index in [2.05, 4.69) is 33.8 Å². The Morgan fingerprint density at radius 1 is 1.07 bits per heavy atom. The van der Waals surface area contributed by atoms with Gasteiger partial charge in [0.2, 0.25) is 0 Å². The molecule has 2 rings (SSSR count). The van der Waals surface area contributed by atoms with Gasteiger partial charge < -0.3 is 0 Å². The van der Waals surface area contributed by atoms with E-state index in [0.717, 1.165) is 18.4 Å². The standard InChI is InChI=1S/C14H18O/c1-8-7-9(2)11(4)13(10(8)3)14(15)12-5-6-12/h7,12H,5-6H2,1-4H3. The van der Waals surface area contributed by atoms with Crippen LogP contribution in [0.15, 0.2) is 6.07 Å². The summed E-state index contributed by atoms with van der Waals surface area (Å²) in [4.78, 5) is 12.2. The monoisotopic (exact) mass is 202 g/mol. The SMILES string of the molecule is Cc1cc(C)c(C)c(C(=O)C2CC2)c1C.